The summed E-state index contributed by atoms with van der Waals surface area (Å²) in [7, 11) is 0. The number of rotatable bonds is 7. The molecule has 1 fully saturated rings. The number of hydrogen-bond acceptors (Lipinski definition) is 3. The second kappa shape index (κ2) is 9.23. The predicted octanol–water partition coefficient (Wildman–Crippen LogP) is 2.91. The lowest BCUT2D eigenvalue weighted by Gasteiger charge is -2.36. The molecular weight excluding hydrogens is 362 g/mol. The molecule has 1 saturated heterocycles. The molecule has 4 rings (SSSR count). The van der Waals surface area contributed by atoms with Crippen LogP contribution in [0.5, 0.6) is 0 Å². The minimum atomic E-state index is -0.570. The number of nitrogens with zero attached hydrogens (tertiary/aromatic N) is 2. The van der Waals surface area contributed by atoms with E-state index in [-0.39, 0.29) is 11.8 Å². The van der Waals surface area contributed by atoms with Crippen molar-refractivity contribution in [2.45, 2.75) is 38.3 Å². The van der Waals surface area contributed by atoms with Gasteiger partial charge in [-0.05, 0) is 55.6 Å². The minimum Gasteiger partial charge on any atom is -0.354 e. The predicted molar refractivity (Wildman–Crippen MR) is 113 cm³/mol. The average Bonchev–Trinajstić information content (AvgIpc) is 3.26. The highest BCUT2D eigenvalue weighted by molar-refractivity contribution is 5.92. The van der Waals surface area contributed by atoms with Crippen LogP contribution in [0.4, 0.5) is 0 Å². The van der Waals surface area contributed by atoms with Crippen LogP contribution in [0.15, 0.2) is 54.6 Å². The maximum absolute atomic E-state index is 13.2. The number of benzene rings is 2. The maximum atomic E-state index is 13.2. The largest absolute Gasteiger partial charge is 0.354 e. The lowest BCUT2D eigenvalue weighted by molar-refractivity contribution is -0.142. The van der Waals surface area contributed by atoms with E-state index in [9.17, 15) is 9.59 Å². The van der Waals surface area contributed by atoms with E-state index in [1.54, 1.807) is 4.90 Å². The smallest absolute Gasteiger partial charge is 0.247 e. The minimum absolute atomic E-state index is 0.00442. The van der Waals surface area contributed by atoms with Crippen molar-refractivity contribution in [2.24, 2.45) is 0 Å². The standard InChI is InChI=1S/C24H29N3O2/c28-22-17-20-11-4-5-12-21(20)23(27(22)18-19-9-2-1-3-10-19)24(29)25-13-8-16-26-14-6-7-15-26/h1-5,9-12,23H,6-8,13-18H2,(H,25,29)/t23-/m1/s1. The summed E-state index contributed by atoms with van der Waals surface area (Å²) in [5, 5.41) is 3.09. The molecule has 2 aliphatic heterocycles. The number of carbonyl (C=O) groups is 2. The third-order valence-corrected chi connectivity index (χ3v) is 5.92. The zero-order chi connectivity index (χ0) is 20.1. The van der Waals surface area contributed by atoms with Crippen molar-refractivity contribution in [2.75, 3.05) is 26.2 Å². The zero-order valence-electron chi connectivity index (χ0n) is 16.8. The summed E-state index contributed by atoms with van der Waals surface area (Å²) in [5.74, 6) is -0.0763. The van der Waals surface area contributed by atoms with Crippen LogP contribution in [0.1, 0.15) is 42.0 Å². The van der Waals surface area contributed by atoms with Gasteiger partial charge in [-0.2, -0.15) is 0 Å². The van der Waals surface area contributed by atoms with Crippen molar-refractivity contribution in [1.29, 1.82) is 0 Å². The van der Waals surface area contributed by atoms with Crippen molar-refractivity contribution in [3.63, 3.8) is 0 Å². The van der Waals surface area contributed by atoms with Crippen LogP contribution in [0.2, 0.25) is 0 Å². The van der Waals surface area contributed by atoms with E-state index < -0.39 is 6.04 Å². The quantitative estimate of drug-likeness (QED) is 0.739. The van der Waals surface area contributed by atoms with Crippen LogP contribution < -0.4 is 5.32 Å². The molecular formula is C24H29N3O2. The molecule has 2 amide bonds. The normalized spacial score (nSPS) is 19.2. The van der Waals surface area contributed by atoms with Crippen LogP contribution in [0.25, 0.3) is 0 Å². The van der Waals surface area contributed by atoms with Crippen LogP contribution in [0.3, 0.4) is 0 Å². The molecule has 0 aliphatic carbocycles. The first-order chi connectivity index (χ1) is 14.2. The van der Waals surface area contributed by atoms with Gasteiger partial charge in [-0.3, -0.25) is 9.59 Å². The molecule has 5 nitrogen and oxygen atoms in total. The molecule has 5 heteroatoms. The van der Waals surface area contributed by atoms with Crippen molar-refractivity contribution >= 4 is 11.8 Å². The van der Waals surface area contributed by atoms with Gasteiger partial charge in [0, 0.05) is 13.1 Å². The van der Waals surface area contributed by atoms with E-state index in [2.05, 4.69) is 10.2 Å². The third-order valence-electron chi connectivity index (χ3n) is 5.92. The molecule has 0 bridgehead atoms. The molecule has 2 aromatic rings. The SMILES string of the molecule is O=C(NCCCN1CCCC1)[C@H]1c2ccccc2CC(=O)N1Cc1ccccc1. The fourth-order valence-corrected chi connectivity index (χ4v) is 4.40. The highest BCUT2D eigenvalue weighted by atomic mass is 16.2. The Kier molecular flexibility index (Phi) is 6.25. The second-order valence-corrected chi connectivity index (χ2v) is 7.98. The summed E-state index contributed by atoms with van der Waals surface area (Å²) in [6, 6.07) is 17.1. The van der Waals surface area contributed by atoms with Crippen LogP contribution >= 0.6 is 0 Å². The van der Waals surface area contributed by atoms with Crippen molar-refractivity contribution in [3.8, 4) is 0 Å². The number of likely N-dealkylation sites (tertiary alicyclic amines) is 1. The first-order valence-corrected chi connectivity index (χ1v) is 10.6. The van der Waals surface area contributed by atoms with Gasteiger partial charge in [-0.25, -0.2) is 0 Å². The van der Waals surface area contributed by atoms with Crippen molar-refractivity contribution < 1.29 is 9.59 Å². The van der Waals surface area contributed by atoms with Crippen LogP contribution in [0, 0.1) is 0 Å². The lowest BCUT2D eigenvalue weighted by Crippen LogP contribution is -2.47. The van der Waals surface area contributed by atoms with Gasteiger partial charge in [-0.15, -0.1) is 0 Å². The number of fused-ring (bicyclic) bond motifs is 1. The van der Waals surface area contributed by atoms with E-state index in [0.29, 0.717) is 19.5 Å². The molecule has 0 radical (unpaired) electrons. The Balaban J connectivity index is 1.47. The van der Waals surface area contributed by atoms with Crippen molar-refractivity contribution in [1.82, 2.24) is 15.1 Å². The molecule has 2 heterocycles. The van der Waals surface area contributed by atoms with E-state index in [1.807, 2.05) is 54.6 Å². The van der Waals surface area contributed by atoms with Gasteiger partial charge in [-0.1, -0.05) is 54.6 Å². The summed E-state index contributed by atoms with van der Waals surface area (Å²) in [5.41, 5.74) is 2.94. The Morgan fingerprint density at radius 3 is 2.52 bits per heavy atom. The molecule has 1 N–H and O–H groups in total. The maximum Gasteiger partial charge on any atom is 0.247 e. The number of nitrogens with one attached hydrogen (secondary N) is 1. The average molecular weight is 392 g/mol. The van der Waals surface area contributed by atoms with E-state index in [1.165, 1.54) is 25.9 Å². The second-order valence-electron chi connectivity index (χ2n) is 7.98. The highest BCUT2D eigenvalue weighted by Gasteiger charge is 2.36. The lowest BCUT2D eigenvalue weighted by atomic mass is 9.91. The first-order valence-electron chi connectivity index (χ1n) is 10.6. The van der Waals surface area contributed by atoms with E-state index in [0.717, 1.165) is 29.7 Å². The molecule has 0 saturated carbocycles. The molecule has 0 unspecified atom stereocenters. The molecule has 1 atom stereocenters. The van der Waals surface area contributed by atoms with Gasteiger partial charge in [0.2, 0.25) is 11.8 Å². The zero-order valence-corrected chi connectivity index (χ0v) is 16.8. The highest BCUT2D eigenvalue weighted by Crippen LogP contribution is 2.32. The molecule has 29 heavy (non-hydrogen) atoms. The fourth-order valence-electron chi connectivity index (χ4n) is 4.40. The van der Waals surface area contributed by atoms with Gasteiger partial charge < -0.3 is 15.1 Å². The molecule has 2 aliphatic rings. The van der Waals surface area contributed by atoms with Gasteiger partial charge in [0.1, 0.15) is 6.04 Å². The Morgan fingerprint density at radius 1 is 1.00 bits per heavy atom. The fraction of sp³-hybridized carbons (Fsp3) is 0.417. The Morgan fingerprint density at radius 2 is 1.72 bits per heavy atom. The molecule has 2 aromatic carbocycles. The van der Waals surface area contributed by atoms with Gasteiger partial charge in [0.05, 0.1) is 6.42 Å². The van der Waals surface area contributed by atoms with Crippen LogP contribution in [-0.2, 0) is 22.6 Å². The Labute approximate surface area is 172 Å². The Hall–Kier alpha value is -2.66. The number of carbonyl (C=O) groups excluding carboxylic acids is 2. The first kappa shape index (κ1) is 19.6. The summed E-state index contributed by atoms with van der Waals surface area (Å²) in [4.78, 5) is 30.3. The number of amides is 2. The van der Waals surface area contributed by atoms with E-state index >= 15 is 0 Å². The topological polar surface area (TPSA) is 52.7 Å². The third kappa shape index (κ3) is 4.67. The van der Waals surface area contributed by atoms with Crippen LogP contribution in [-0.4, -0.2) is 47.8 Å². The van der Waals surface area contributed by atoms with Gasteiger partial charge in [0.25, 0.3) is 0 Å². The van der Waals surface area contributed by atoms with Gasteiger partial charge >= 0.3 is 0 Å². The summed E-state index contributed by atoms with van der Waals surface area (Å²) in [6.07, 6.45) is 3.85. The summed E-state index contributed by atoms with van der Waals surface area (Å²) < 4.78 is 0. The molecule has 0 spiro atoms. The van der Waals surface area contributed by atoms with E-state index in [4.69, 9.17) is 0 Å². The van der Waals surface area contributed by atoms with Crippen molar-refractivity contribution in [3.05, 3.63) is 71.3 Å². The van der Waals surface area contributed by atoms with Gasteiger partial charge in [0.15, 0.2) is 0 Å². The summed E-state index contributed by atoms with van der Waals surface area (Å²) in [6.45, 7) is 4.45. The number of hydrogen-bond donors (Lipinski definition) is 1. The monoisotopic (exact) mass is 391 g/mol. The Bertz CT molecular complexity index is 846. The molecule has 152 valence electrons. The summed E-state index contributed by atoms with van der Waals surface area (Å²) >= 11 is 0. The molecule has 0 aromatic heterocycles.